The molecule has 3 aromatic rings. The number of aromatic carboxylic acids is 1. The van der Waals surface area contributed by atoms with E-state index in [2.05, 4.69) is 41.4 Å². The molecule has 0 aliphatic rings. The third-order valence-corrected chi connectivity index (χ3v) is 3.68. The average molecular weight is 420 g/mol. The molecule has 2 aromatic heterocycles. The molecule has 26 heavy (non-hydrogen) atoms. The molecule has 132 valence electrons. The molecule has 0 fully saturated rings. The lowest BCUT2D eigenvalue weighted by Crippen LogP contribution is -2.19. The Morgan fingerprint density at radius 2 is 2.08 bits per heavy atom. The number of amides is 1. The van der Waals surface area contributed by atoms with Crippen LogP contribution in [0.15, 0.2) is 49.0 Å². The van der Waals surface area contributed by atoms with E-state index in [-0.39, 0.29) is 17.1 Å². The Balaban J connectivity index is 1.76. The molecule has 10 nitrogen and oxygen atoms in total. The quantitative estimate of drug-likeness (QED) is 0.419. The summed E-state index contributed by atoms with van der Waals surface area (Å²) in [6.07, 6.45) is 1.24. The van der Waals surface area contributed by atoms with Crippen LogP contribution in [0.2, 0.25) is 0 Å². The number of hydrazone groups is 1. The number of anilines is 1. The first kappa shape index (κ1) is 17.4. The van der Waals surface area contributed by atoms with E-state index in [1.807, 2.05) is 0 Å². The molecule has 11 heteroatoms. The van der Waals surface area contributed by atoms with Gasteiger partial charge in [-0.1, -0.05) is 15.9 Å². The van der Waals surface area contributed by atoms with Gasteiger partial charge in [-0.3, -0.25) is 4.79 Å². The Morgan fingerprint density at radius 3 is 2.77 bits per heavy atom. The van der Waals surface area contributed by atoms with Crippen LogP contribution in [-0.2, 0) is 0 Å². The van der Waals surface area contributed by atoms with Crippen LogP contribution in [0.5, 0.6) is 0 Å². The molecule has 0 bridgehead atoms. The maximum atomic E-state index is 11.7. The highest BCUT2D eigenvalue weighted by Gasteiger charge is 2.16. The molecule has 2 heterocycles. The molecule has 3 rings (SSSR count). The molecule has 0 spiro atoms. The minimum absolute atomic E-state index is 0.0829. The predicted molar refractivity (Wildman–Crippen MR) is 92.6 cm³/mol. The number of carbonyl (C=O) groups excluding carboxylic acids is 1. The van der Waals surface area contributed by atoms with Crippen molar-refractivity contribution in [2.24, 2.45) is 5.10 Å². The van der Waals surface area contributed by atoms with Gasteiger partial charge in [-0.05, 0) is 40.6 Å². The summed E-state index contributed by atoms with van der Waals surface area (Å²) in [5.41, 5.74) is 7.88. The van der Waals surface area contributed by atoms with E-state index in [9.17, 15) is 14.7 Å². The number of aromatic nitrogens is 2. The second-order valence-corrected chi connectivity index (χ2v) is 5.81. The number of rotatable bonds is 5. The number of carbonyl (C=O) groups is 2. The lowest BCUT2D eigenvalue weighted by molar-refractivity contribution is 0.0697. The number of hydrogen-bond donors (Lipinski definition) is 3. The van der Waals surface area contributed by atoms with Crippen molar-refractivity contribution in [2.75, 3.05) is 5.73 Å². The highest BCUT2D eigenvalue weighted by molar-refractivity contribution is 9.10. The average Bonchev–Trinajstić information content (AvgIpc) is 3.23. The van der Waals surface area contributed by atoms with E-state index in [0.29, 0.717) is 21.6 Å². The smallest absolute Gasteiger partial charge is 0.336 e. The van der Waals surface area contributed by atoms with Crippen molar-refractivity contribution in [1.82, 2.24) is 15.7 Å². The Morgan fingerprint density at radius 1 is 1.27 bits per heavy atom. The maximum Gasteiger partial charge on any atom is 0.336 e. The van der Waals surface area contributed by atoms with Gasteiger partial charge < -0.3 is 15.3 Å². The van der Waals surface area contributed by atoms with Crippen molar-refractivity contribution in [2.45, 2.75) is 0 Å². The Bertz CT molecular complexity index is 1010. The second-order valence-electron chi connectivity index (χ2n) is 4.89. The molecular formula is C15H10BrN5O5. The van der Waals surface area contributed by atoms with E-state index in [4.69, 9.17) is 10.2 Å². The van der Waals surface area contributed by atoms with Gasteiger partial charge in [0, 0.05) is 10.0 Å². The largest absolute Gasteiger partial charge is 0.478 e. The van der Waals surface area contributed by atoms with Crippen LogP contribution in [0.3, 0.4) is 0 Å². The normalized spacial score (nSPS) is 11.0. The third kappa shape index (κ3) is 3.62. The van der Waals surface area contributed by atoms with E-state index < -0.39 is 11.9 Å². The molecule has 0 radical (unpaired) electrons. The van der Waals surface area contributed by atoms with Gasteiger partial charge in [0.1, 0.15) is 11.5 Å². The molecule has 4 N–H and O–H groups in total. The number of nitrogen functional groups attached to an aromatic ring is 1. The first-order chi connectivity index (χ1) is 12.5. The van der Waals surface area contributed by atoms with Crippen LogP contribution < -0.4 is 11.2 Å². The number of halogens is 1. The van der Waals surface area contributed by atoms with Crippen LogP contribution in [-0.4, -0.2) is 33.5 Å². The Labute approximate surface area is 153 Å². The van der Waals surface area contributed by atoms with Gasteiger partial charge in [0.2, 0.25) is 11.5 Å². The number of carboxylic acid groups (broad SMARTS) is 1. The highest BCUT2D eigenvalue weighted by atomic mass is 79.9. The van der Waals surface area contributed by atoms with Crippen molar-refractivity contribution < 1.29 is 23.7 Å². The summed E-state index contributed by atoms with van der Waals surface area (Å²) in [7, 11) is 0. The summed E-state index contributed by atoms with van der Waals surface area (Å²) in [6, 6.07) is 7.97. The summed E-state index contributed by atoms with van der Waals surface area (Å²) in [5.74, 6) is -1.31. The van der Waals surface area contributed by atoms with Crippen LogP contribution in [0.1, 0.15) is 26.6 Å². The molecule has 0 atom stereocenters. The molecule has 0 saturated heterocycles. The third-order valence-electron chi connectivity index (χ3n) is 3.19. The standard InChI is InChI=1S/C15H10BrN5O5/c16-7-1-3-9(10(5-7)15(23)24)11-4-2-8(25-11)6-18-19-14(22)12-13(17)21-26-20-12/h1-6H,(H2,17,21)(H,19,22)(H,23,24)/b18-6-. The van der Waals surface area contributed by atoms with Crippen molar-refractivity contribution in [3.05, 3.63) is 51.8 Å². The fraction of sp³-hybridized carbons (Fsp3) is 0. The summed E-state index contributed by atoms with van der Waals surface area (Å²) >= 11 is 3.23. The fourth-order valence-corrected chi connectivity index (χ4v) is 2.40. The second kappa shape index (κ2) is 7.19. The SMILES string of the molecule is Nc1nonc1C(=O)N/N=C\c1ccc(-c2ccc(Br)cc2C(=O)O)o1. The molecule has 0 saturated carbocycles. The number of nitrogens with two attached hydrogens (primary N) is 1. The summed E-state index contributed by atoms with van der Waals surface area (Å²) < 4.78 is 10.5. The summed E-state index contributed by atoms with van der Waals surface area (Å²) in [6.45, 7) is 0. The van der Waals surface area contributed by atoms with Crippen molar-refractivity contribution in [3.8, 4) is 11.3 Å². The van der Waals surface area contributed by atoms with Crippen LogP contribution >= 0.6 is 15.9 Å². The van der Waals surface area contributed by atoms with Gasteiger partial charge >= 0.3 is 5.97 Å². The van der Waals surface area contributed by atoms with Gasteiger partial charge in [-0.25, -0.2) is 14.8 Å². The molecule has 0 aliphatic carbocycles. The van der Waals surface area contributed by atoms with E-state index in [0.717, 1.165) is 0 Å². The van der Waals surface area contributed by atoms with Gasteiger partial charge in [0.25, 0.3) is 5.91 Å². The minimum atomic E-state index is -1.08. The monoisotopic (exact) mass is 419 g/mol. The number of nitrogens with one attached hydrogen (secondary N) is 1. The zero-order valence-electron chi connectivity index (χ0n) is 12.8. The van der Waals surface area contributed by atoms with Gasteiger partial charge in [0.05, 0.1) is 11.8 Å². The first-order valence-corrected chi connectivity index (χ1v) is 7.79. The van der Waals surface area contributed by atoms with Crippen LogP contribution in [0.25, 0.3) is 11.3 Å². The predicted octanol–water partition coefficient (Wildman–Crippen LogP) is 2.14. The van der Waals surface area contributed by atoms with Gasteiger partial charge in [-0.2, -0.15) is 5.10 Å². The number of benzene rings is 1. The number of nitrogens with zero attached hydrogens (tertiary/aromatic N) is 3. The topological polar surface area (TPSA) is 157 Å². The zero-order chi connectivity index (χ0) is 18.7. The number of hydrogen-bond acceptors (Lipinski definition) is 8. The van der Waals surface area contributed by atoms with E-state index in [1.54, 1.807) is 24.3 Å². The Hall–Kier alpha value is -3.47. The number of furan rings is 1. The molecular weight excluding hydrogens is 410 g/mol. The van der Waals surface area contributed by atoms with Crippen LogP contribution in [0.4, 0.5) is 5.82 Å². The molecule has 1 amide bonds. The molecule has 1 aromatic carbocycles. The first-order valence-electron chi connectivity index (χ1n) is 7.00. The maximum absolute atomic E-state index is 11.7. The van der Waals surface area contributed by atoms with Gasteiger partial charge in [0.15, 0.2) is 0 Å². The van der Waals surface area contributed by atoms with Crippen LogP contribution in [0, 0.1) is 0 Å². The van der Waals surface area contributed by atoms with Crippen molar-refractivity contribution >= 4 is 39.8 Å². The summed E-state index contributed by atoms with van der Waals surface area (Å²) in [5, 5.41) is 19.6. The van der Waals surface area contributed by atoms with Crippen molar-refractivity contribution in [1.29, 1.82) is 0 Å². The summed E-state index contributed by atoms with van der Waals surface area (Å²) in [4.78, 5) is 23.1. The van der Waals surface area contributed by atoms with E-state index in [1.165, 1.54) is 12.3 Å². The fourth-order valence-electron chi connectivity index (χ4n) is 2.04. The van der Waals surface area contributed by atoms with Gasteiger partial charge in [-0.15, -0.1) is 0 Å². The zero-order valence-corrected chi connectivity index (χ0v) is 14.4. The Kier molecular flexibility index (Phi) is 4.80. The minimum Gasteiger partial charge on any atom is -0.478 e. The molecule has 0 aliphatic heterocycles. The van der Waals surface area contributed by atoms with E-state index >= 15 is 0 Å². The lowest BCUT2D eigenvalue weighted by Gasteiger charge is -2.03. The lowest BCUT2D eigenvalue weighted by atomic mass is 10.1. The molecule has 0 unspecified atom stereocenters. The highest BCUT2D eigenvalue weighted by Crippen LogP contribution is 2.28. The number of carboxylic acids is 1. The van der Waals surface area contributed by atoms with Crippen molar-refractivity contribution in [3.63, 3.8) is 0 Å².